The first-order chi connectivity index (χ1) is 21.1. The molecule has 0 spiro atoms. The molecule has 1 aromatic carbocycles. The highest BCUT2D eigenvalue weighted by molar-refractivity contribution is 6.00. The van der Waals surface area contributed by atoms with E-state index in [-0.39, 0.29) is 30.5 Å². The van der Waals surface area contributed by atoms with Gasteiger partial charge >= 0.3 is 11.9 Å². The number of hydrogen-bond donors (Lipinski definition) is 0. The lowest BCUT2D eigenvalue weighted by molar-refractivity contribution is -0.193. The number of aromatic nitrogens is 1. The molecule has 0 saturated carbocycles. The van der Waals surface area contributed by atoms with Gasteiger partial charge in [-0.15, -0.1) is 0 Å². The topological polar surface area (TPSA) is 109 Å². The van der Waals surface area contributed by atoms with Gasteiger partial charge in [-0.2, -0.15) is 0 Å². The molecule has 45 heavy (non-hydrogen) atoms. The van der Waals surface area contributed by atoms with Crippen LogP contribution in [0.3, 0.4) is 0 Å². The minimum atomic E-state index is -1.24. The second-order valence-electron chi connectivity index (χ2n) is 13.9. The van der Waals surface area contributed by atoms with Gasteiger partial charge in [0.15, 0.2) is 5.60 Å². The van der Waals surface area contributed by atoms with Gasteiger partial charge in [-0.3, -0.25) is 24.2 Å². The van der Waals surface area contributed by atoms with Crippen LogP contribution in [-0.2, 0) is 33.4 Å². The Morgan fingerprint density at radius 3 is 2.38 bits per heavy atom. The third-order valence-electron chi connectivity index (χ3n) is 11.2. The van der Waals surface area contributed by atoms with E-state index < -0.39 is 58.3 Å². The van der Waals surface area contributed by atoms with E-state index in [1.54, 1.807) is 13.8 Å². The molecule has 2 aromatic rings. The number of hydrogen-bond acceptors (Lipinski definition) is 8. The van der Waals surface area contributed by atoms with Crippen LogP contribution in [0.2, 0.25) is 0 Å². The summed E-state index contributed by atoms with van der Waals surface area (Å²) in [5.74, 6) is -4.28. The molecule has 4 rings (SSSR count). The first-order valence-electron chi connectivity index (χ1n) is 16.2. The van der Waals surface area contributed by atoms with Crippen LogP contribution < -0.4 is 0 Å². The molecule has 2 saturated heterocycles. The zero-order valence-corrected chi connectivity index (χ0v) is 28.2. The Labute approximate surface area is 267 Å². The minimum absolute atomic E-state index is 0.0209. The highest BCUT2D eigenvalue weighted by Crippen LogP contribution is 2.54. The number of fused-ring (bicyclic) bond motifs is 2. The molecule has 0 amide bonds. The Bertz CT molecular complexity index is 1480. The highest BCUT2D eigenvalue weighted by atomic mass is 16.6. The Morgan fingerprint density at radius 1 is 1.00 bits per heavy atom. The summed E-state index contributed by atoms with van der Waals surface area (Å²) in [5, 5.41) is 1.04. The van der Waals surface area contributed by atoms with Gasteiger partial charge in [0.05, 0.1) is 24.1 Å². The van der Waals surface area contributed by atoms with E-state index in [1.165, 1.54) is 0 Å². The SMILES string of the molecule is CC[C@H]1OC(=O)[C@H](C)C(=O)[C@H](C)[C@@H](C)[C@](C)(OC/C=C/c2cnc3ccccc3c2)C[C@@H](C)C(=O)[C@H](C)C2(C)CC(=O)O[C@]12C. The summed E-state index contributed by atoms with van der Waals surface area (Å²) in [6.07, 6.45) is 5.61. The number of pyridine rings is 1. The zero-order chi connectivity index (χ0) is 33.3. The summed E-state index contributed by atoms with van der Waals surface area (Å²) < 4.78 is 18.4. The van der Waals surface area contributed by atoms with Gasteiger partial charge in [0, 0.05) is 34.8 Å². The van der Waals surface area contributed by atoms with Crippen molar-refractivity contribution in [3.05, 3.63) is 48.2 Å². The van der Waals surface area contributed by atoms with Crippen molar-refractivity contribution < 1.29 is 33.4 Å². The molecule has 2 aliphatic heterocycles. The fourth-order valence-corrected chi connectivity index (χ4v) is 7.42. The van der Waals surface area contributed by atoms with Crippen LogP contribution in [0.15, 0.2) is 42.6 Å². The molecule has 0 aliphatic carbocycles. The average Bonchev–Trinajstić information content (AvgIpc) is 3.27. The Morgan fingerprint density at radius 2 is 1.69 bits per heavy atom. The van der Waals surface area contributed by atoms with E-state index in [0.29, 0.717) is 12.8 Å². The van der Waals surface area contributed by atoms with Crippen molar-refractivity contribution in [2.75, 3.05) is 6.61 Å². The van der Waals surface area contributed by atoms with Gasteiger partial charge in [0.25, 0.3) is 0 Å². The highest BCUT2D eigenvalue weighted by Gasteiger charge is 2.63. The maximum atomic E-state index is 14.2. The fraction of sp³-hybridized carbons (Fsp3) is 0.595. The van der Waals surface area contributed by atoms with Crippen LogP contribution in [0.25, 0.3) is 17.0 Å². The first kappa shape index (κ1) is 34.5. The number of Topliss-reactive ketones (excluding diaryl/α,β-unsaturated/α-hetero) is 2. The number of carbonyl (C=O) groups is 4. The lowest BCUT2D eigenvalue weighted by atomic mass is 9.60. The molecule has 0 radical (unpaired) electrons. The van der Waals surface area contributed by atoms with Crippen molar-refractivity contribution in [1.29, 1.82) is 0 Å². The average molecular weight is 620 g/mol. The first-order valence-corrected chi connectivity index (χ1v) is 16.2. The summed E-state index contributed by atoms with van der Waals surface area (Å²) in [7, 11) is 0. The van der Waals surface area contributed by atoms with Crippen LogP contribution in [0, 0.1) is 35.0 Å². The fourth-order valence-electron chi connectivity index (χ4n) is 7.42. The van der Waals surface area contributed by atoms with Crippen molar-refractivity contribution in [3.8, 4) is 0 Å². The molecule has 244 valence electrons. The third kappa shape index (κ3) is 6.49. The van der Waals surface area contributed by atoms with E-state index in [9.17, 15) is 19.2 Å². The number of ketones is 2. The molecular formula is C37H49NO7. The predicted octanol–water partition coefficient (Wildman–Crippen LogP) is 6.78. The maximum Gasteiger partial charge on any atom is 0.316 e. The Balaban J connectivity index is 1.66. The van der Waals surface area contributed by atoms with Gasteiger partial charge in [-0.1, -0.05) is 71.9 Å². The second kappa shape index (κ2) is 13.1. The summed E-state index contributed by atoms with van der Waals surface area (Å²) in [6, 6.07) is 9.97. The summed E-state index contributed by atoms with van der Waals surface area (Å²) in [5.41, 5.74) is -1.20. The number of esters is 2. The van der Waals surface area contributed by atoms with Crippen molar-refractivity contribution >= 4 is 40.5 Å². The number of ether oxygens (including phenoxy) is 3. The maximum absolute atomic E-state index is 14.2. The lowest BCUT2D eigenvalue weighted by Gasteiger charge is -2.47. The molecule has 1 unspecified atom stereocenters. The number of benzene rings is 1. The van der Waals surface area contributed by atoms with E-state index >= 15 is 0 Å². The molecule has 2 fully saturated rings. The molecule has 8 nitrogen and oxygen atoms in total. The Hall–Kier alpha value is -3.39. The Kier molecular flexibility index (Phi) is 10.1. The molecule has 8 heteroatoms. The molecule has 2 aliphatic rings. The van der Waals surface area contributed by atoms with E-state index in [2.05, 4.69) is 11.1 Å². The van der Waals surface area contributed by atoms with Crippen molar-refractivity contribution in [2.24, 2.45) is 35.0 Å². The number of nitrogens with zero attached hydrogens (tertiary/aromatic N) is 1. The predicted molar refractivity (Wildman–Crippen MR) is 173 cm³/mol. The van der Waals surface area contributed by atoms with Gasteiger partial charge in [0.1, 0.15) is 23.6 Å². The zero-order valence-electron chi connectivity index (χ0n) is 28.2. The summed E-state index contributed by atoms with van der Waals surface area (Å²) >= 11 is 0. The molecule has 0 bridgehead atoms. The quantitative estimate of drug-likeness (QED) is 0.266. The number of cyclic esters (lactones) is 1. The smallest absolute Gasteiger partial charge is 0.316 e. The van der Waals surface area contributed by atoms with Gasteiger partial charge < -0.3 is 14.2 Å². The molecular weight excluding hydrogens is 570 g/mol. The largest absolute Gasteiger partial charge is 0.458 e. The third-order valence-corrected chi connectivity index (χ3v) is 11.2. The van der Waals surface area contributed by atoms with Crippen LogP contribution in [-0.4, -0.2) is 52.4 Å². The van der Waals surface area contributed by atoms with Gasteiger partial charge in [-0.05, 0) is 57.2 Å². The number of rotatable bonds is 5. The molecule has 0 N–H and O–H groups in total. The van der Waals surface area contributed by atoms with E-state index in [0.717, 1.165) is 16.5 Å². The van der Waals surface area contributed by atoms with E-state index in [4.69, 9.17) is 14.2 Å². The molecule has 9 atom stereocenters. The van der Waals surface area contributed by atoms with E-state index in [1.807, 2.05) is 91.1 Å². The number of carbonyl (C=O) groups excluding carboxylic acids is 4. The molecule has 3 heterocycles. The summed E-state index contributed by atoms with van der Waals surface area (Å²) in [4.78, 5) is 58.6. The number of para-hydroxylation sites is 1. The van der Waals surface area contributed by atoms with Gasteiger partial charge in [0.2, 0.25) is 0 Å². The minimum Gasteiger partial charge on any atom is -0.458 e. The standard InChI is InChI=1S/C37H49NO7/c1-10-30-37(9)35(7,20-31(39)45-37)26(6)32(40)22(2)19-36(8,25(5)23(3)33(41)24(4)34(42)44-30)43-17-13-14-27-18-28-15-11-12-16-29(28)38-21-27/h11-16,18,21-26,30H,10,17,19-20H2,1-9H3/b14-13+/t22-,23-,24-,25-,26+,30-,35?,36-,37-/m1/s1. The summed E-state index contributed by atoms with van der Waals surface area (Å²) in [6.45, 7) is 16.7. The second-order valence-corrected chi connectivity index (χ2v) is 13.9. The van der Waals surface area contributed by atoms with Crippen LogP contribution in [0.1, 0.15) is 87.1 Å². The van der Waals surface area contributed by atoms with Crippen LogP contribution in [0.5, 0.6) is 0 Å². The lowest BCUT2D eigenvalue weighted by Crippen LogP contribution is -2.57. The molecule has 1 aromatic heterocycles. The van der Waals surface area contributed by atoms with Gasteiger partial charge in [-0.25, -0.2) is 0 Å². The van der Waals surface area contributed by atoms with Crippen molar-refractivity contribution in [1.82, 2.24) is 4.98 Å². The van der Waals surface area contributed by atoms with Crippen molar-refractivity contribution in [3.63, 3.8) is 0 Å². The van der Waals surface area contributed by atoms with Crippen molar-refractivity contribution in [2.45, 2.75) is 98.9 Å². The van der Waals surface area contributed by atoms with Crippen LogP contribution >= 0.6 is 0 Å². The normalized spacial score (nSPS) is 36.9. The monoisotopic (exact) mass is 619 g/mol. The van der Waals surface area contributed by atoms with Crippen LogP contribution in [0.4, 0.5) is 0 Å².